The number of halogens is 3. The van der Waals surface area contributed by atoms with Gasteiger partial charge in [0.05, 0.1) is 13.6 Å². The van der Waals surface area contributed by atoms with Gasteiger partial charge in [0.2, 0.25) is 0 Å². The molecule has 0 aliphatic rings. The van der Waals surface area contributed by atoms with E-state index in [0.717, 1.165) is 45.3 Å². The van der Waals surface area contributed by atoms with E-state index in [4.69, 9.17) is 0 Å². The maximum Gasteiger partial charge on any atom is 0.416 e. The van der Waals surface area contributed by atoms with E-state index in [1.165, 1.54) is 39.4 Å². The Morgan fingerprint density at radius 3 is 1.05 bits per heavy atom. The van der Waals surface area contributed by atoms with E-state index >= 15 is 0 Å². The van der Waals surface area contributed by atoms with Crippen molar-refractivity contribution in [2.24, 2.45) is 0 Å². The molecule has 0 saturated heterocycles. The Balaban J connectivity index is 1.23. The van der Waals surface area contributed by atoms with Crippen LogP contribution in [-0.2, 0) is 6.18 Å². The first-order valence-electron chi connectivity index (χ1n) is 14.1. The minimum atomic E-state index is -4.33. The van der Waals surface area contributed by atoms with Crippen LogP contribution < -0.4 is 5.19 Å². The van der Waals surface area contributed by atoms with Gasteiger partial charge in [-0.15, -0.1) is 0 Å². The summed E-state index contributed by atoms with van der Waals surface area (Å²) in [5.41, 5.74) is 7.93. The summed E-state index contributed by atoms with van der Waals surface area (Å²) in [6, 6.07) is 44.0. The average Bonchev–Trinajstić information content (AvgIpc) is 3.00. The van der Waals surface area contributed by atoms with Crippen LogP contribution >= 0.6 is 0 Å². The Morgan fingerprint density at radius 1 is 0.381 bits per heavy atom. The van der Waals surface area contributed by atoms with Gasteiger partial charge in [-0.25, -0.2) is 0 Å². The Bertz CT molecular complexity index is 1710. The van der Waals surface area contributed by atoms with Gasteiger partial charge in [-0.1, -0.05) is 134 Å². The molecule has 0 bridgehead atoms. The molecule has 42 heavy (non-hydrogen) atoms. The van der Waals surface area contributed by atoms with Crippen molar-refractivity contribution in [3.8, 4) is 44.5 Å². The van der Waals surface area contributed by atoms with Gasteiger partial charge in [-0.3, -0.25) is 0 Å². The van der Waals surface area contributed by atoms with E-state index in [1.807, 2.05) is 24.3 Å². The van der Waals surface area contributed by atoms with E-state index in [2.05, 4.69) is 105 Å². The lowest BCUT2D eigenvalue weighted by Crippen LogP contribution is -2.37. The van der Waals surface area contributed by atoms with Crippen molar-refractivity contribution in [3.63, 3.8) is 0 Å². The highest BCUT2D eigenvalue weighted by molar-refractivity contribution is 6.88. The minimum absolute atomic E-state index is 0.638. The molecular weight excluding hydrogens is 541 g/mol. The van der Waals surface area contributed by atoms with Crippen LogP contribution in [0.3, 0.4) is 0 Å². The van der Waals surface area contributed by atoms with E-state index in [-0.39, 0.29) is 0 Å². The molecule has 0 fully saturated rings. The Kier molecular flexibility index (Phi) is 7.11. The normalized spacial score (nSPS) is 12.0. The standard InChI is InChI=1S/C38H31F3Si/c1-42(2,3)37-22-18-29(19-23-37)27-6-10-31(11-7-27)34-15-13-32-12-14-33(24-35(32)25-34)30-8-4-26(5-9-30)28-16-20-36(21-17-28)38(39,40)41/h4-25H,1-3H3. The zero-order valence-corrected chi connectivity index (χ0v) is 24.8. The summed E-state index contributed by atoms with van der Waals surface area (Å²) >= 11 is 0. The number of fused-ring (bicyclic) bond motifs is 1. The molecule has 0 aliphatic carbocycles. The molecule has 0 radical (unpaired) electrons. The number of hydrogen-bond donors (Lipinski definition) is 0. The molecule has 0 aliphatic heterocycles. The van der Waals surface area contributed by atoms with Gasteiger partial charge < -0.3 is 0 Å². The zero-order valence-electron chi connectivity index (χ0n) is 23.8. The fourth-order valence-corrected chi connectivity index (χ4v) is 6.50. The highest BCUT2D eigenvalue weighted by Gasteiger charge is 2.30. The van der Waals surface area contributed by atoms with Crippen molar-refractivity contribution in [2.45, 2.75) is 25.8 Å². The largest absolute Gasteiger partial charge is 0.416 e. The molecule has 0 saturated carbocycles. The SMILES string of the molecule is C[Si](C)(C)c1ccc(-c2ccc(-c3ccc4ccc(-c5ccc(-c6ccc(C(F)(F)F)cc6)cc5)cc4c3)cc2)cc1. The maximum atomic E-state index is 12.9. The second-order valence-electron chi connectivity index (χ2n) is 11.8. The van der Waals surface area contributed by atoms with Crippen LogP contribution in [0.1, 0.15) is 5.56 Å². The predicted octanol–water partition coefficient (Wildman–Crippen LogP) is 11.1. The average molecular weight is 573 g/mol. The van der Waals surface area contributed by atoms with E-state index < -0.39 is 19.8 Å². The summed E-state index contributed by atoms with van der Waals surface area (Å²) < 4.78 is 38.8. The van der Waals surface area contributed by atoms with Crippen LogP contribution in [0.4, 0.5) is 13.2 Å². The molecule has 0 aromatic heterocycles. The highest BCUT2D eigenvalue weighted by Crippen LogP contribution is 2.33. The summed E-state index contributed by atoms with van der Waals surface area (Å²) in [4.78, 5) is 0. The molecule has 0 unspecified atom stereocenters. The van der Waals surface area contributed by atoms with Gasteiger partial charge in [0.1, 0.15) is 0 Å². The number of rotatable bonds is 5. The van der Waals surface area contributed by atoms with Crippen LogP contribution in [0.25, 0.3) is 55.3 Å². The Hall–Kier alpha value is -4.41. The smallest absolute Gasteiger partial charge is 0.166 e. The minimum Gasteiger partial charge on any atom is -0.166 e. The molecule has 0 spiro atoms. The molecule has 6 aromatic rings. The van der Waals surface area contributed by atoms with Crippen LogP contribution in [0.15, 0.2) is 133 Å². The molecule has 0 nitrogen and oxygen atoms in total. The summed E-state index contributed by atoms with van der Waals surface area (Å²) in [6.45, 7) is 7.10. The summed E-state index contributed by atoms with van der Waals surface area (Å²) in [6.07, 6.45) is -4.33. The lowest BCUT2D eigenvalue weighted by molar-refractivity contribution is -0.137. The van der Waals surface area contributed by atoms with Gasteiger partial charge in [0, 0.05) is 0 Å². The summed E-state index contributed by atoms with van der Waals surface area (Å²) in [5.74, 6) is 0. The third-order valence-corrected chi connectivity index (χ3v) is 9.97. The van der Waals surface area contributed by atoms with Crippen LogP contribution in [0.2, 0.25) is 19.6 Å². The van der Waals surface area contributed by atoms with Crippen molar-refractivity contribution in [1.29, 1.82) is 0 Å². The van der Waals surface area contributed by atoms with Crippen molar-refractivity contribution in [2.75, 3.05) is 0 Å². The molecule has 0 atom stereocenters. The summed E-state index contributed by atoms with van der Waals surface area (Å²) in [5, 5.41) is 3.79. The van der Waals surface area contributed by atoms with E-state index in [1.54, 1.807) is 0 Å². The zero-order chi connectivity index (χ0) is 29.5. The highest BCUT2D eigenvalue weighted by atomic mass is 28.3. The number of alkyl halides is 3. The Morgan fingerprint density at radius 2 is 0.690 bits per heavy atom. The molecule has 0 heterocycles. The lowest BCUT2D eigenvalue weighted by Gasteiger charge is -2.16. The van der Waals surface area contributed by atoms with Crippen molar-refractivity contribution in [3.05, 3.63) is 139 Å². The fraction of sp³-hybridized carbons (Fsp3) is 0.105. The van der Waals surface area contributed by atoms with E-state index in [9.17, 15) is 13.2 Å². The molecule has 0 amide bonds. The summed E-state index contributed by atoms with van der Waals surface area (Å²) in [7, 11) is -1.31. The second kappa shape index (κ2) is 10.8. The van der Waals surface area contributed by atoms with Crippen LogP contribution in [0, 0.1) is 0 Å². The first kappa shape index (κ1) is 27.7. The number of hydrogen-bond acceptors (Lipinski definition) is 0. The van der Waals surface area contributed by atoms with E-state index in [0.29, 0.717) is 0 Å². The van der Waals surface area contributed by atoms with Crippen LogP contribution in [-0.4, -0.2) is 8.07 Å². The molecular formula is C38H31F3Si. The van der Waals surface area contributed by atoms with Crippen molar-refractivity contribution >= 4 is 24.0 Å². The quantitative estimate of drug-likeness (QED) is 0.180. The molecule has 0 N–H and O–H groups in total. The van der Waals surface area contributed by atoms with Gasteiger partial charge in [0.25, 0.3) is 0 Å². The van der Waals surface area contributed by atoms with Gasteiger partial charge in [0.15, 0.2) is 0 Å². The van der Waals surface area contributed by atoms with Crippen LogP contribution in [0.5, 0.6) is 0 Å². The van der Waals surface area contributed by atoms with Gasteiger partial charge >= 0.3 is 6.18 Å². The van der Waals surface area contributed by atoms with Gasteiger partial charge in [-0.2, -0.15) is 13.2 Å². The Labute approximate surface area is 246 Å². The second-order valence-corrected chi connectivity index (χ2v) is 16.9. The monoisotopic (exact) mass is 572 g/mol. The van der Waals surface area contributed by atoms with Crippen molar-refractivity contribution < 1.29 is 13.2 Å². The predicted molar refractivity (Wildman–Crippen MR) is 174 cm³/mol. The topological polar surface area (TPSA) is 0 Å². The lowest BCUT2D eigenvalue weighted by atomic mass is 9.95. The maximum absolute atomic E-state index is 12.9. The number of benzene rings is 6. The van der Waals surface area contributed by atoms with Gasteiger partial charge in [-0.05, 0) is 79.5 Å². The first-order chi connectivity index (χ1) is 20.0. The molecule has 4 heteroatoms. The third kappa shape index (κ3) is 5.81. The van der Waals surface area contributed by atoms with Crippen molar-refractivity contribution in [1.82, 2.24) is 0 Å². The molecule has 6 rings (SSSR count). The third-order valence-electron chi connectivity index (χ3n) is 7.91. The molecule has 6 aromatic carbocycles. The first-order valence-corrected chi connectivity index (χ1v) is 17.6. The fourth-order valence-electron chi connectivity index (χ4n) is 5.33. The molecule has 208 valence electrons.